The highest BCUT2D eigenvalue weighted by Crippen LogP contribution is 2.31. The van der Waals surface area contributed by atoms with Crippen molar-refractivity contribution in [2.45, 2.75) is 4.90 Å². The zero-order valence-electron chi connectivity index (χ0n) is 14.8. The first-order valence-corrected chi connectivity index (χ1v) is 10.6. The molecular formula is C18H17ClN2O4S2. The molecule has 0 saturated heterocycles. The Labute approximate surface area is 167 Å². The number of allylic oxidation sites excluding steroid dienone is 1. The minimum Gasteiger partial charge on any atom is -0.497 e. The van der Waals surface area contributed by atoms with E-state index in [-0.39, 0.29) is 14.8 Å². The number of halogens is 1. The van der Waals surface area contributed by atoms with Gasteiger partial charge in [-0.05, 0) is 30.5 Å². The summed E-state index contributed by atoms with van der Waals surface area (Å²) in [5.74, 6) is 1.05. The summed E-state index contributed by atoms with van der Waals surface area (Å²) in [6.07, 6.45) is 1.68. The second-order valence-electron chi connectivity index (χ2n) is 5.16. The van der Waals surface area contributed by atoms with Crippen LogP contribution in [-0.4, -0.2) is 28.9 Å². The van der Waals surface area contributed by atoms with E-state index in [9.17, 15) is 13.7 Å². The average molecular weight is 425 g/mol. The van der Waals surface area contributed by atoms with Gasteiger partial charge in [-0.1, -0.05) is 11.6 Å². The fourth-order valence-corrected chi connectivity index (χ4v) is 4.48. The summed E-state index contributed by atoms with van der Waals surface area (Å²) in [6, 6.07) is 12.5. The first kappa shape index (κ1) is 21.0. The van der Waals surface area contributed by atoms with E-state index < -0.39 is 9.84 Å². The maximum Gasteiger partial charge on any atom is 0.219 e. The monoisotopic (exact) mass is 424 g/mol. The van der Waals surface area contributed by atoms with Crippen LogP contribution in [0.1, 0.15) is 0 Å². The maximum atomic E-state index is 12.9. The SMILES string of the molecule is COc1cc(N/C(SC)=C(\C#N)S(=O)(=O)c2ccc(Cl)cc2)cc(OC)c1. The van der Waals surface area contributed by atoms with E-state index in [0.29, 0.717) is 22.2 Å². The van der Waals surface area contributed by atoms with E-state index in [0.717, 1.165) is 11.8 Å². The molecule has 0 aromatic heterocycles. The largest absolute Gasteiger partial charge is 0.497 e. The van der Waals surface area contributed by atoms with E-state index >= 15 is 0 Å². The molecule has 0 fully saturated rings. The van der Waals surface area contributed by atoms with Crippen molar-refractivity contribution in [2.24, 2.45) is 0 Å². The van der Waals surface area contributed by atoms with Crippen molar-refractivity contribution in [1.29, 1.82) is 5.26 Å². The van der Waals surface area contributed by atoms with Crippen LogP contribution in [0.4, 0.5) is 5.69 Å². The predicted molar refractivity (Wildman–Crippen MR) is 108 cm³/mol. The van der Waals surface area contributed by atoms with Crippen LogP contribution in [0.15, 0.2) is 57.3 Å². The fourth-order valence-electron chi connectivity index (χ4n) is 2.18. The summed E-state index contributed by atoms with van der Waals surface area (Å²) in [4.78, 5) is -0.404. The van der Waals surface area contributed by atoms with Crippen molar-refractivity contribution in [1.82, 2.24) is 0 Å². The molecule has 2 aromatic carbocycles. The maximum absolute atomic E-state index is 12.9. The summed E-state index contributed by atoms with van der Waals surface area (Å²) in [5, 5.41) is 13.1. The van der Waals surface area contributed by atoms with Crippen LogP contribution in [0.3, 0.4) is 0 Å². The number of hydrogen-bond acceptors (Lipinski definition) is 7. The van der Waals surface area contributed by atoms with Gasteiger partial charge in [-0.25, -0.2) is 8.42 Å². The molecule has 2 aromatic rings. The number of anilines is 1. The number of nitriles is 1. The summed E-state index contributed by atoms with van der Waals surface area (Å²) in [7, 11) is -0.998. The Bertz CT molecular complexity index is 975. The average Bonchev–Trinajstić information content (AvgIpc) is 2.67. The molecule has 0 amide bonds. The van der Waals surface area contributed by atoms with Crippen LogP contribution in [0.25, 0.3) is 0 Å². The van der Waals surface area contributed by atoms with E-state index in [1.807, 2.05) is 0 Å². The van der Waals surface area contributed by atoms with Crippen LogP contribution in [0.5, 0.6) is 11.5 Å². The lowest BCUT2D eigenvalue weighted by Gasteiger charge is -2.14. The zero-order chi connectivity index (χ0) is 20.0. The van der Waals surface area contributed by atoms with Crippen LogP contribution < -0.4 is 14.8 Å². The van der Waals surface area contributed by atoms with E-state index in [1.54, 1.807) is 30.5 Å². The van der Waals surface area contributed by atoms with Crippen molar-refractivity contribution < 1.29 is 17.9 Å². The fraction of sp³-hybridized carbons (Fsp3) is 0.167. The number of hydrogen-bond donors (Lipinski definition) is 1. The molecule has 0 aliphatic carbocycles. The molecule has 6 nitrogen and oxygen atoms in total. The van der Waals surface area contributed by atoms with Crippen molar-refractivity contribution in [3.8, 4) is 17.6 Å². The first-order valence-electron chi connectivity index (χ1n) is 7.54. The number of methoxy groups -OCH3 is 2. The predicted octanol–water partition coefficient (Wildman–Crippen LogP) is 4.30. The van der Waals surface area contributed by atoms with Gasteiger partial charge in [0.1, 0.15) is 22.6 Å². The van der Waals surface area contributed by atoms with Gasteiger partial charge in [0, 0.05) is 28.9 Å². The molecule has 142 valence electrons. The summed E-state index contributed by atoms with van der Waals surface area (Å²) in [6.45, 7) is 0. The van der Waals surface area contributed by atoms with Crippen molar-refractivity contribution in [3.05, 3.63) is 57.4 Å². The Kier molecular flexibility index (Phi) is 7.02. The van der Waals surface area contributed by atoms with Gasteiger partial charge in [0.2, 0.25) is 9.84 Å². The summed E-state index contributed by atoms with van der Waals surface area (Å²) < 4.78 is 36.2. The normalized spacial score (nSPS) is 12.0. The molecule has 0 radical (unpaired) electrons. The van der Waals surface area contributed by atoms with Gasteiger partial charge in [0.25, 0.3) is 0 Å². The molecule has 0 aliphatic heterocycles. The van der Waals surface area contributed by atoms with Gasteiger partial charge in [-0.15, -0.1) is 11.8 Å². The lowest BCUT2D eigenvalue weighted by Crippen LogP contribution is -2.10. The Morgan fingerprint density at radius 1 is 1.11 bits per heavy atom. The highest BCUT2D eigenvalue weighted by atomic mass is 35.5. The Morgan fingerprint density at radius 3 is 2.11 bits per heavy atom. The molecule has 2 rings (SSSR count). The third-order valence-corrected chi connectivity index (χ3v) is 6.34. The highest BCUT2D eigenvalue weighted by Gasteiger charge is 2.25. The molecule has 27 heavy (non-hydrogen) atoms. The van der Waals surface area contributed by atoms with E-state index in [4.69, 9.17) is 21.1 Å². The topological polar surface area (TPSA) is 88.4 Å². The van der Waals surface area contributed by atoms with Gasteiger partial charge < -0.3 is 14.8 Å². The number of sulfone groups is 1. The third-order valence-electron chi connectivity index (χ3n) is 3.51. The second-order valence-corrected chi connectivity index (χ2v) is 8.30. The van der Waals surface area contributed by atoms with Crippen LogP contribution in [0, 0.1) is 11.3 Å². The molecule has 0 saturated carbocycles. The number of thioether (sulfide) groups is 1. The molecule has 0 bridgehead atoms. The van der Waals surface area contributed by atoms with Crippen LogP contribution >= 0.6 is 23.4 Å². The number of rotatable bonds is 7. The van der Waals surface area contributed by atoms with Gasteiger partial charge in [-0.2, -0.15) is 5.26 Å². The Hall–Kier alpha value is -2.34. The number of ether oxygens (including phenoxy) is 2. The Balaban J connectivity index is 2.53. The molecule has 0 heterocycles. The van der Waals surface area contributed by atoms with Gasteiger partial charge in [0.15, 0.2) is 4.91 Å². The van der Waals surface area contributed by atoms with Gasteiger partial charge >= 0.3 is 0 Å². The Morgan fingerprint density at radius 2 is 1.67 bits per heavy atom. The molecule has 0 spiro atoms. The molecular weight excluding hydrogens is 408 g/mol. The van der Waals surface area contributed by atoms with Crippen molar-refractivity contribution in [2.75, 3.05) is 25.8 Å². The van der Waals surface area contributed by atoms with E-state index in [2.05, 4.69) is 5.32 Å². The molecule has 0 atom stereocenters. The van der Waals surface area contributed by atoms with Crippen LogP contribution in [-0.2, 0) is 9.84 Å². The van der Waals surface area contributed by atoms with Crippen molar-refractivity contribution >= 4 is 38.9 Å². The zero-order valence-corrected chi connectivity index (χ0v) is 17.2. The summed E-state index contributed by atoms with van der Waals surface area (Å²) >= 11 is 6.93. The standard InChI is InChI=1S/C18H17ClN2O4S2/c1-24-14-8-13(9-15(10-14)25-2)21-18(26-3)17(11-20)27(22,23)16-6-4-12(19)5-7-16/h4-10,21H,1-3H3/b18-17-. The van der Waals surface area contributed by atoms with Gasteiger partial charge in [0.05, 0.1) is 19.1 Å². The minimum atomic E-state index is -4.02. The lowest BCUT2D eigenvalue weighted by molar-refractivity contribution is 0.395. The van der Waals surface area contributed by atoms with Gasteiger partial charge in [-0.3, -0.25) is 0 Å². The molecule has 0 aliphatic rings. The van der Waals surface area contributed by atoms with Crippen LogP contribution in [0.2, 0.25) is 5.02 Å². The summed E-state index contributed by atoms with van der Waals surface area (Å²) in [5.41, 5.74) is 0.523. The van der Waals surface area contributed by atoms with E-state index in [1.165, 1.54) is 38.5 Å². The number of nitrogens with one attached hydrogen (secondary N) is 1. The second kappa shape index (κ2) is 9.04. The lowest BCUT2D eigenvalue weighted by atomic mass is 10.3. The quantitative estimate of drug-likeness (QED) is 0.663. The highest BCUT2D eigenvalue weighted by molar-refractivity contribution is 8.04. The number of benzene rings is 2. The minimum absolute atomic E-state index is 0.0139. The first-order chi connectivity index (χ1) is 12.8. The molecule has 0 unspecified atom stereocenters. The number of nitrogens with zero attached hydrogens (tertiary/aromatic N) is 1. The van der Waals surface area contributed by atoms with Crippen molar-refractivity contribution in [3.63, 3.8) is 0 Å². The molecule has 1 N–H and O–H groups in total. The smallest absolute Gasteiger partial charge is 0.219 e. The third kappa shape index (κ3) is 4.89. The molecule has 9 heteroatoms.